The van der Waals surface area contributed by atoms with Crippen molar-refractivity contribution < 1.29 is 17.9 Å². The lowest BCUT2D eigenvalue weighted by Gasteiger charge is -2.30. The number of ether oxygens (including phenoxy) is 1. The summed E-state index contributed by atoms with van der Waals surface area (Å²) in [7, 11) is -2.41. The van der Waals surface area contributed by atoms with Crippen LogP contribution in [-0.4, -0.2) is 49.6 Å². The molecular formula is C9H16N2O4S2. The lowest BCUT2D eigenvalue weighted by atomic mass is 9.98. The SMILES string of the molecule is COC(=O)CS(=O)(=O)N1CCC(C(N)=S)CC1. The van der Waals surface area contributed by atoms with Crippen molar-refractivity contribution in [1.29, 1.82) is 0 Å². The van der Waals surface area contributed by atoms with Gasteiger partial charge in [-0.1, -0.05) is 12.2 Å². The van der Waals surface area contributed by atoms with Crippen LogP contribution >= 0.6 is 12.2 Å². The van der Waals surface area contributed by atoms with Crippen LogP contribution in [-0.2, 0) is 19.6 Å². The number of esters is 1. The van der Waals surface area contributed by atoms with Crippen molar-refractivity contribution in [2.45, 2.75) is 12.8 Å². The van der Waals surface area contributed by atoms with Crippen LogP contribution in [0.1, 0.15) is 12.8 Å². The Labute approximate surface area is 106 Å². The van der Waals surface area contributed by atoms with Crippen LogP contribution in [0.4, 0.5) is 0 Å². The summed E-state index contributed by atoms with van der Waals surface area (Å²) in [4.78, 5) is 11.4. The molecule has 2 N–H and O–H groups in total. The second-order valence-corrected chi connectivity index (χ2v) is 6.35. The van der Waals surface area contributed by atoms with E-state index >= 15 is 0 Å². The van der Waals surface area contributed by atoms with Crippen LogP contribution < -0.4 is 5.73 Å². The van der Waals surface area contributed by atoms with Gasteiger partial charge in [0.1, 0.15) is 0 Å². The van der Waals surface area contributed by atoms with Crippen molar-refractivity contribution in [1.82, 2.24) is 4.31 Å². The highest BCUT2D eigenvalue weighted by Gasteiger charge is 2.30. The molecule has 0 unspecified atom stereocenters. The molecule has 1 saturated heterocycles. The van der Waals surface area contributed by atoms with Gasteiger partial charge in [-0.2, -0.15) is 0 Å². The van der Waals surface area contributed by atoms with E-state index in [-0.39, 0.29) is 5.92 Å². The van der Waals surface area contributed by atoms with E-state index in [1.165, 1.54) is 4.31 Å². The average Bonchev–Trinajstić information content (AvgIpc) is 2.28. The van der Waals surface area contributed by atoms with E-state index in [9.17, 15) is 13.2 Å². The molecule has 6 nitrogen and oxygen atoms in total. The Bertz CT molecular complexity index is 399. The summed E-state index contributed by atoms with van der Waals surface area (Å²) in [5, 5.41) is 0. The van der Waals surface area contributed by atoms with Gasteiger partial charge >= 0.3 is 5.97 Å². The lowest BCUT2D eigenvalue weighted by Crippen LogP contribution is -2.43. The molecule has 0 radical (unpaired) electrons. The molecule has 0 aromatic heterocycles. The summed E-state index contributed by atoms with van der Waals surface area (Å²) < 4.78 is 29.2. The molecule has 0 amide bonds. The molecule has 0 saturated carbocycles. The van der Waals surface area contributed by atoms with Gasteiger partial charge < -0.3 is 10.5 Å². The second-order valence-electron chi connectivity index (χ2n) is 3.91. The van der Waals surface area contributed by atoms with Crippen LogP contribution in [0, 0.1) is 5.92 Å². The number of thiocarbonyl (C=S) groups is 1. The van der Waals surface area contributed by atoms with Crippen molar-refractivity contribution in [3.63, 3.8) is 0 Å². The molecule has 0 spiro atoms. The fourth-order valence-corrected chi connectivity index (χ4v) is 3.32. The van der Waals surface area contributed by atoms with Crippen molar-refractivity contribution >= 4 is 33.2 Å². The van der Waals surface area contributed by atoms with Gasteiger partial charge in [0.2, 0.25) is 10.0 Å². The molecule has 98 valence electrons. The predicted molar refractivity (Wildman–Crippen MR) is 66.9 cm³/mol. The Morgan fingerprint density at radius 3 is 2.41 bits per heavy atom. The molecule has 1 heterocycles. The first-order valence-corrected chi connectivity index (χ1v) is 7.22. The number of hydrogen-bond donors (Lipinski definition) is 1. The summed E-state index contributed by atoms with van der Waals surface area (Å²) in [5.74, 6) is -1.27. The minimum atomic E-state index is -3.57. The van der Waals surface area contributed by atoms with Gasteiger partial charge in [-0.05, 0) is 12.8 Å². The van der Waals surface area contributed by atoms with Gasteiger partial charge in [0, 0.05) is 19.0 Å². The first kappa shape index (κ1) is 14.3. The third kappa shape index (κ3) is 3.90. The monoisotopic (exact) mass is 280 g/mol. The summed E-state index contributed by atoms with van der Waals surface area (Å²) in [6, 6.07) is 0. The third-order valence-corrected chi connectivity index (χ3v) is 4.86. The van der Waals surface area contributed by atoms with E-state index in [2.05, 4.69) is 4.74 Å². The van der Waals surface area contributed by atoms with E-state index in [1.54, 1.807) is 0 Å². The Balaban J connectivity index is 2.59. The zero-order valence-electron chi connectivity index (χ0n) is 9.59. The van der Waals surface area contributed by atoms with E-state index in [1.807, 2.05) is 0 Å². The highest BCUT2D eigenvalue weighted by molar-refractivity contribution is 7.89. The maximum Gasteiger partial charge on any atom is 0.322 e. The predicted octanol–water partition coefficient (Wildman–Crippen LogP) is -0.513. The van der Waals surface area contributed by atoms with Crippen molar-refractivity contribution in [2.24, 2.45) is 11.7 Å². The Morgan fingerprint density at radius 1 is 1.47 bits per heavy atom. The fourth-order valence-electron chi connectivity index (χ4n) is 1.72. The van der Waals surface area contributed by atoms with Gasteiger partial charge in [0.15, 0.2) is 5.75 Å². The molecule has 0 aliphatic carbocycles. The molecule has 1 aliphatic heterocycles. The van der Waals surface area contributed by atoms with Crippen molar-refractivity contribution in [3.05, 3.63) is 0 Å². The van der Waals surface area contributed by atoms with E-state index < -0.39 is 21.7 Å². The maximum absolute atomic E-state index is 11.8. The molecule has 1 aliphatic rings. The molecule has 1 fully saturated rings. The number of carbonyl (C=O) groups is 1. The van der Waals surface area contributed by atoms with Crippen LogP contribution in [0.5, 0.6) is 0 Å². The topological polar surface area (TPSA) is 89.7 Å². The van der Waals surface area contributed by atoms with Crippen LogP contribution in [0.15, 0.2) is 0 Å². The number of sulfonamides is 1. The molecule has 0 aromatic rings. The molecule has 17 heavy (non-hydrogen) atoms. The normalized spacial score (nSPS) is 18.9. The van der Waals surface area contributed by atoms with E-state index in [4.69, 9.17) is 18.0 Å². The third-order valence-electron chi connectivity index (χ3n) is 2.78. The Morgan fingerprint density at radius 2 is 2.00 bits per heavy atom. The first-order chi connectivity index (χ1) is 7.86. The standard InChI is InChI=1S/C9H16N2O4S2/c1-15-8(12)6-17(13,14)11-4-2-7(3-5-11)9(10)16/h7H,2-6H2,1H3,(H2,10,16). The summed E-state index contributed by atoms with van der Waals surface area (Å²) in [5.41, 5.74) is 5.51. The minimum absolute atomic E-state index is 0.0922. The van der Waals surface area contributed by atoms with Gasteiger partial charge in [-0.3, -0.25) is 4.79 Å². The summed E-state index contributed by atoms with van der Waals surface area (Å²) in [6.45, 7) is 0.697. The number of nitrogens with two attached hydrogens (primary N) is 1. The van der Waals surface area contributed by atoms with Gasteiger partial charge in [0.05, 0.1) is 12.1 Å². The number of nitrogens with zero attached hydrogens (tertiary/aromatic N) is 1. The van der Waals surface area contributed by atoms with Gasteiger partial charge in [0.25, 0.3) is 0 Å². The molecule has 0 bridgehead atoms. The number of methoxy groups -OCH3 is 1. The fraction of sp³-hybridized carbons (Fsp3) is 0.778. The minimum Gasteiger partial charge on any atom is -0.468 e. The molecule has 0 atom stereocenters. The highest BCUT2D eigenvalue weighted by atomic mass is 32.2. The van der Waals surface area contributed by atoms with Gasteiger partial charge in [-0.25, -0.2) is 12.7 Å². The zero-order valence-corrected chi connectivity index (χ0v) is 11.2. The largest absolute Gasteiger partial charge is 0.468 e. The lowest BCUT2D eigenvalue weighted by molar-refractivity contribution is -0.137. The van der Waals surface area contributed by atoms with E-state index in [0.29, 0.717) is 30.9 Å². The molecule has 8 heteroatoms. The van der Waals surface area contributed by atoms with Crippen molar-refractivity contribution in [3.8, 4) is 0 Å². The maximum atomic E-state index is 11.8. The number of rotatable bonds is 4. The number of piperidine rings is 1. The quantitative estimate of drug-likeness (QED) is 0.551. The first-order valence-electron chi connectivity index (χ1n) is 5.21. The van der Waals surface area contributed by atoms with Crippen LogP contribution in [0.3, 0.4) is 0 Å². The second kappa shape index (κ2) is 5.74. The smallest absolute Gasteiger partial charge is 0.322 e. The van der Waals surface area contributed by atoms with Crippen LogP contribution in [0.2, 0.25) is 0 Å². The number of carbonyl (C=O) groups excluding carboxylic acids is 1. The van der Waals surface area contributed by atoms with E-state index in [0.717, 1.165) is 7.11 Å². The van der Waals surface area contributed by atoms with Gasteiger partial charge in [-0.15, -0.1) is 0 Å². The number of hydrogen-bond acceptors (Lipinski definition) is 5. The summed E-state index contributed by atoms with van der Waals surface area (Å²) in [6.07, 6.45) is 1.21. The van der Waals surface area contributed by atoms with Crippen molar-refractivity contribution in [2.75, 3.05) is 26.0 Å². The Hall–Kier alpha value is -0.730. The molecular weight excluding hydrogens is 264 g/mol. The zero-order chi connectivity index (χ0) is 13.1. The van der Waals surface area contributed by atoms with Crippen LogP contribution in [0.25, 0.3) is 0 Å². The Kier molecular flexibility index (Phi) is 4.84. The average molecular weight is 280 g/mol. The molecule has 1 rings (SSSR count). The summed E-state index contributed by atoms with van der Waals surface area (Å²) >= 11 is 4.87. The molecule has 0 aromatic carbocycles. The highest BCUT2D eigenvalue weighted by Crippen LogP contribution is 2.20.